The number of carbonyl (C=O) groups excluding carboxylic acids is 1. The molecule has 0 N–H and O–H groups in total. The molecule has 4 aromatic rings. The number of nitrogens with zero attached hydrogens (tertiary/aromatic N) is 2. The van der Waals surface area contributed by atoms with Gasteiger partial charge in [0.25, 0.3) is 5.91 Å². The molecule has 32 heavy (non-hydrogen) atoms. The summed E-state index contributed by atoms with van der Waals surface area (Å²) in [5.74, 6) is 0.555. The average Bonchev–Trinajstić information content (AvgIpc) is 3.16. The first kappa shape index (κ1) is 19.7. The number of hydrogen-bond donors (Lipinski definition) is 0. The minimum atomic E-state index is -0.366. The standard InChI is InChI=1S/C27H19FN2O2/c1-32-23-15-9-19(10-16-23)26-29-25(27(31)30(26)22-13-11-21(28)12-14-22)17-20-7-4-6-18-5-2-3-8-24(18)20/h2-17H,1H3/b25-17+. The van der Waals surface area contributed by atoms with Gasteiger partial charge in [0, 0.05) is 5.56 Å². The van der Waals surface area contributed by atoms with Crippen molar-refractivity contribution in [2.75, 3.05) is 12.0 Å². The van der Waals surface area contributed by atoms with Gasteiger partial charge in [-0.25, -0.2) is 9.38 Å². The number of hydrogen-bond acceptors (Lipinski definition) is 3. The normalized spacial score (nSPS) is 14.8. The van der Waals surface area contributed by atoms with Gasteiger partial charge < -0.3 is 4.74 Å². The molecular weight excluding hydrogens is 403 g/mol. The number of carbonyl (C=O) groups is 1. The summed E-state index contributed by atoms with van der Waals surface area (Å²) >= 11 is 0. The zero-order chi connectivity index (χ0) is 22.1. The molecule has 0 saturated carbocycles. The Balaban J connectivity index is 1.64. The number of benzene rings is 4. The number of amidine groups is 1. The third kappa shape index (κ3) is 3.54. The Labute approximate surface area is 184 Å². The van der Waals surface area contributed by atoms with Crippen molar-refractivity contribution < 1.29 is 13.9 Å². The van der Waals surface area contributed by atoms with E-state index in [2.05, 4.69) is 0 Å². The Kier molecular flexibility index (Phi) is 5.00. The van der Waals surface area contributed by atoms with Crippen LogP contribution in [0.2, 0.25) is 0 Å². The molecule has 0 unspecified atom stereocenters. The first-order valence-corrected chi connectivity index (χ1v) is 10.2. The molecule has 0 aliphatic carbocycles. The molecule has 0 fully saturated rings. The summed E-state index contributed by atoms with van der Waals surface area (Å²) < 4.78 is 18.8. The van der Waals surface area contributed by atoms with E-state index < -0.39 is 0 Å². The molecule has 1 heterocycles. The maximum absolute atomic E-state index is 13.5. The van der Waals surface area contributed by atoms with E-state index in [1.54, 1.807) is 25.3 Å². The van der Waals surface area contributed by atoms with Crippen LogP contribution >= 0.6 is 0 Å². The van der Waals surface area contributed by atoms with E-state index in [1.807, 2.05) is 66.7 Å². The quantitative estimate of drug-likeness (QED) is 0.389. The van der Waals surface area contributed by atoms with Gasteiger partial charge in [-0.05, 0) is 70.9 Å². The molecule has 4 aromatic carbocycles. The summed E-state index contributed by atoms with van der Waals surface area (Å²) in [4.78, 5) is 19.7. The molecule has 5 heteroatoms. The van der Waals surface area contributed by atoms with Crippen LogP contribution in [0.3, 0.4) is 0 Å². The maximum atomic E-state index is 13.5. The van der Waals surface area contributed by atoms with Crippen molar-refractivity contribution >= 4 is 34.3 Å². The van der Waals surface area contributed by atoms with Crippen LogP contribution in [0.5, 0.6) is 5.75 Å². The molecule has 1 aliphatic rings. The van der Waals surface area contributed by atoms with Crippen LogP contribution in [0.15, 0.2) is 102 Å². The van der Waals surface area contributed by atoms with Crippen molar-refractivity contribution in [1.29, 1.82) is 0 Å². The summed E-state index contributed by atoms with van der Waals surface area (Å²) in [5.41, 5.74) is 2.53. The first-order chi connectivity index (χ1) is 15.6. The summed E-state index contributed by atoms with van der Waals surface area (Å²) in [7, 11) is 1.60. The van der Waals surface area contributed by atoms with Gasteiger partial charge in [-0.2, -0.15) is 0 Å². The van der Waals surface area contributed by atoms with Gasteiger partial charge in [0.05, 0.1) is 12.8 Å². The fourth-order valence-electron chi connectivity index (χ4n) is 3.80. The highest BCUT2D eigenvalue weighted by Crippen LogP contribution is 2.30. The number of aliphatic imine (C=N–C) groups is 1. The number of anilines is 1. The lowest BCUT2D eigenvalue weighted by Crippen LogP contribution is -2.32. The summed E-state index contributed by atoms with van der Waals surface area (Å²) in [6.45, 7) is 0. The fraction of sp³-hybridized carbons (Fsp3) is 0.0370. The fourth-order valence-corrected chi connectivity index (χ4v) is 3.80. The van der Waals surface area contributed by atoms with Crippen LogP contribution in [0, 0.1) is 5.82 Å². The van der Waals surface area contributed by atoms with Crippen LogP contribution in [0.25, 0.3) is 16.8 Å². The highest BCUT2D eigenvalue weighted by atomic mass is 19.1. The number of ether oxygens (including phenoxy) is 1. The number of halogens is 1. The maximum Gasteiger partial charge on any atom is 0.282 e. The van der Waals surface area contributed by atoms with Gasteiger partial charge in [0.15, 0.2) is 0 Å². The highest BCUT2D eigenvalue weighted by molar-refractivity contribution is 6.33. The molecule has 1 aliphatic heterocycles. The summed E-state index contributed by atoms with van der Waals surface area (Å²) in [6, 6.07) is 27.1. The van der Waals surface area contributed by atoms with Crippen LogP contribution in [-0.4, -0.2) is 18.9 Å². The van der Waals surface area contributed by atoms with E-state index in [4.69, 9.17) is 9.73 Å². The van der Waals surface area contributed by atoms with Gasteiger partial charge in [-0.1, -0.05) is 42.5 Å². The molecule has 0 saturated heterocycles. The molecular formula is C27H19FN2O2. The van der Waals surface area contributed by atoms with Gasteiger partial charge >= 0.3 is 0 Å². The van der Waals surface area contributed by atoms with Crippen molar-refractivity contribution in [2.24, 2.45) is 4.99 Å². The molecule has 4 nitrogen and oxygen atoms in total. The van der Waals surface area contributed by atoms with Gasteiger partial charge in [0.1, 0.15) is 23.1 Å². The van der Waals surface area contributed by atoms with Crippen LogP contribution in [0.4, 0.5) is 10.1 Å². The minimum absolute atomic E-state index is 0.268. The molecule has 5 rings (SSSR count). The van der Waals surface area contributed by atoms with Crippen LogP contribution in [-0.2, 0) is 4.79 Å². The summed E-state index contributed by atoms with van der Waals surface area (Å²) in [5, 5.41) is 2.12. The Hall–Kier alpha value is -4.25. The average molecular weight is 422 g/mol. The Morgan fingerprint density at radius 2 is 1.59 bits per heavy atom. The second-order valence-corrected chi connectivity index (χ2v) is 7.38. The minimum Gasteiger partial charge on any atom is -0.497 e. The van der Waals surface area contributed by atoms with Crippen LogP contribution in [0.1, 0.15) is 11.1 Å². The smallest absolute Gasteiger partial charge is 0.282 e. The second-order valence-electron chi connectivity index (χ2n) is 7.38. The Morgan fingerprint density at radius 3 is 2.34 bits per heavy atom. The predicted molar refractivity (Wildman–Crippen MR) is 125 cm³/mol. The predicted octanol–water partition coefficient (Wildman–Crippen LogP) is 5.82. The molecule has 0 aromatic heterocycles. The second kappa shape index (κ2) is 8.12. The van der Waals surface area contributed by atoms with Crippen molar-refractivity contribution in [1.82, 2.24) is 0 Å². The SMILES string of the molecule is COc1ccc(C2=N/C(=C/c3cccc4ccccc34)C(=O)N2c2ccc(F)cc2)cc1. The Bertz CT molecular complexity index is 1370. The molecule has 0 bridgehead atoms. The van der Waals surface area contributed by atoms with E-state index in [1.165, 1.54) is 17.0 Å². The lowest BCUT2D eigenvalue weighted by atomic mass is 10.0. The van der Waals surface area contributed by atoms with Gasteiger partial charge in [-0.15, -0.1) is 0 Å². The third-order valence-electron chi connectivity index (χ3n) is 5.41. The van der Waals surface area contributed by atoms with E-state index in [9.17, 15) is 9.18 Å². The lowest BCUT2D eigenvalue weighted by molar-refractivity contribution is -0.113. The van der Waals surface area contributed by atoms with Gasteiger partial charge in [0.2, 0.25) is 0 Å². The Morgan fingerprint density at radius 1 is 0.875 bits per heavy atom. The van der Waals surface area contributed by atoms with E-state index in [0.717, 1.165) is 21.9 Å². The lowest BCUT2D eigenvalue weighted by Gasteiger charge is -2.18. The molecule has 0 radical (unpaired) electrons. The first-order valence-electron chi connectivity index (χ1n) is 10.2. The number of amides is 1. The molecule has 0 spiro atoms. The van der Waals surface area contributed by atoms with Crippen LogP contribution < -0.4 is 9.64 Å². The van der Waals surface area contributed by atoms with Crippen molar-refractivity contribution in [2.45, 2.75) is 0 Å². The topological polar surface area (TPSA) is 41.9 Å². The zero-order valence-corrected chi connectivity index (χ0v) is 17.3. The van der Waals surface area contributed by atoms with Gasteiger partial charge in [-0.3, -0.25) is 9.69 Å². The molecule has 156 valence electrons. The van der Waals surface area contributed by atoms with Crippen molar-refractivity contribution in [3.05, 3.63) is 114 Å². The number of rotatable bonds is 4. The zero-order valence-electron chi connectivity index (χ0n) is 17.3. The van der Waals surface area contributed by atoms with Crippen molar-refractivity contribution in [3.63, 3.8) is 0 Å². The van der Waals surface area contributed by atoms with E-state index in [-0.39, 0.29) is 11.7 Å². The molecule has 1 amide bonds. The van der Waals surface area contributed by atoms with Crippen molar-refractivity contribution in [3.8, 4) is 5.75 Å². The molecule has 0 atom stereocenters. The number of methoxy groups -OCH3 is 1. The highest BCUT2D eigenvalue weighted by Gasteiger charge is 2.32. The monoisotopic (exact) mass is 422 g/mol. The number of fused-ring (bicyclic) bond motifs is 1. The summed E-state index contributed by atoms with van der Waals surface area (Å²) in [6.07, 6.45) is 1.80. The van der Waals surface area contributed by atoms with E-state index >= 15 is 0 Å². The third-order valence-corrected chi connectivity index (χ3v) is 5.41. The van der Waals surface area contributed by atoms with E-state index in [0.29, 0.717) is 23.0 Å². The largest absolute Gasteiger partial charge is 0.497 e.